The molecule has 0 aliphatic rings. The number of carbonyl (C=O) groups is 1. The SMILES string of the molecule is CNCC(C)C(=O)NCCc1ccc(OC(F)F)cc1. The molecule has 0 bridgehead atoms. The summed E-state index contributed by atoms with van der Waals surface area (Å²) in [4.78, 5) is 11.6. The maximum absolute atomic E-state index is 12.0. The highest BCUT2D eigenvalue weighted by Crippen LogP contribution is 2.14. The Morgan fingerprint density at radius 3 is 2.50 bits per heavy atom. The monoisotopic (exact) mass is 286 g/mol. The minimum Gasteiger partial charge on any atom is -0.435 e. The van der Waals surface area contributed by atoms with Gasteiger partial charge < -0.3 is 15.4 Å². The molecule has 1 rings (SSSR count). The van der Waals surface area contributed by atoms with Gasteiger partial charge in [0.05, 0.1) is 0 Å². The summed E-state index contributed by atoms with van der Waals surface area (Å²) >= 11 is 0. The Balaban J connectivity index is 2.33. The first-order chi connectivity index (χ1) is 9.52. The number of nitrogens with one attached hydrogen (secondary N) is 2. The Hall–Kier alpha value is -1.69. The van der Waals surface area contributed by atoms with Gasteiger partial charge in [0, 0.05) is 19.0 Å². The van der Waals surface area contributed by atoms with E-state index in [4.69, 9.17) is 0 Å². The normalized spacial score (nSPS) is 12.2. The van der Waals surface area contributed by atoms with E-state index in [9.17, 15) is 13.6 Å². The maximum Gasteiger partial charge on any atom is 0.387 e. The van der Waals surface area contributed by atoms with Crippen LogP contribution in [-0.2, 0) is 11.2 Å². The first-order valence-electron chi connectivity index (χ1n) is 6.49. The minimum absolute atomic E-state index is 0.00277. The summed E-state index contributed by atoms with van der Waals surface area (Å²) < 4.78 is 28.2. The molecule has 6 heteroatoms. The van der Waals surface area contributed by atoms with Gasteiger partial charge in [0.15, 0.2) is 0 Å². The van der Waals surface area contributed by atoms with Crippen molar-refractivity contribution in [3.8, 4) is 5.75 Å². The molecule has 0 aliphatic carbocycles. The number of halogens is 2. The van der Waals surface area contributed by atoms with E-state index in [1.807, 2.05) is 6.92 Å². The highest BCUT2D eigenvalue weighted by atomic mass is 19.3. The van der Waals surface area contributed by atoms with Gasteiger partial charge in [0.25, 0.3) is 0 Å². The number of hydrogen-bond acceptors (Lipinski definition) is 3. The molecule has 1 atom stereocenters. The fourth-order valence-corrected chi connectivity index (χ4v) is 1.74. The van der Waals surface area contributed by atoms with Crippen molar-refractivity contribution < 1.29 is 18.3 Å². The van der Waals surface area contributed by atoms with Crippen molar-refractivity contribution in [3.05, 3.63) is 29.8 Å². The van der Waals surface area contributed by atoms with Crippen molar-refractivity contribution in [2.45, 2.75) is 20.0 Å². The van der Waals surface area contributed by atoms with E-state index in [-0.39, 0.29) is 17.6 Å². The zero-order valence-electron chi connectivity index (χ0n) is 11.7. The van der Waals surface area contributed by atoms with Crippen LogP contribution < -0.4 is 15.4 Å². The molecule has 0 aromatic heterocycles. The summed E-state index contributed by atoms with van der Waals surface area (Å²) in [5, 5.41) is 5.77. The van der Waals surface area contributed by atoms with E-state index in [1.165, 1.54) is 12.1 Å². The van der Waals surface area contributed by atoms with Crippen LogP contribution in [0.2, 0.25) is 0 Å². The zero-order valence-corrected chi connectivity index (χ0v) is 11.7. The Labute approximate surface area is 117 Å². The van der Waals surface area contributed by atoms with Crippen molar-refractivity contribution in [2.75, 3.05) is 20.1 Å². The average Bonchev–Trinajstić information content (AvgIpc) is 2.40. The molecule has 0 aliphatic heterocycles. The summed E-state index contributed by atoms with van der Waals surface area (Å²) in [5.74, 6) is 0.0502. The molecule has 0 spiro atoms. The van der Waals surface area contributed by atoms with Crippen LogP contribution in [0.3, 0.4) is 0 Å². The van der Waals surface area contributed by atoms with E-state index in [0.717, 1.165) is 5.56 Å². The van der Waals surface area contributed by atoms with E-state index >= 15 is 0 Å². The Morgan fingerprint density at radius 1 is 1.30 bits per heavy atom. The lowest BCUT2D eigenvalue weighted by Gasteiger charge is -2.11. The number of amides is 1. The second kappa shape index (κ2) is 8.47. The average molecular weight is 286 g/mol. The summed E-state index contributed by atoms with van der Waals surface area (Å²) in [6, 6.07) is 6.40. The smallest absolute Gasteiger partial charge is 0.387 e. The molecule has 1 amide bonds. The predicted octanol–water partition coefficient (Wildman–Crippen LogP) is 1.80. The number of benzene rings is 1. The van der Waals surface area contributed by atoms with Gasteiger partial charge in [-0.25, -0.2) is 0 Å². The minimum atomic E-state index is -2.81. The van der Waals surface area contributed by atoms with Gasteiger partial charge in [-0.05, 0) is 31.2 Å². The summed E-state index contributed by atoms with van der Waals surface area (Å²) in [7, 11) is 1.80. The van der Waals surface area contributed by atoms with Crippen molar-refractivity contribution in [3.63, 3.8) is 0 Å². The number of hydrogen-bond donors (Lipinski definition) is 2. The van der Waals surface area contributed by atoms with Gasteiger partial charge in [0.1, 0.15) is 5.75 Å². The number of carbonyl (C=O) groups excluding carboxylic acids is 1. The molecule has 0 saturated carbocycles. The van der Waals surface area contributed by atoms with E-state index in [1.54, 1.807) is 19.2 Å². The van der Waals surface area contributed by atoms with Gasteiger partial charge in [-0.3, -0.25) is 4.79 Å². The number of ether oxygens (including phenoxy) is 1. The molecule has 4 nitrogen and oxygen atoms in total. The van der Waals surface area contributed by atoms with Gasteiger partial charge in [-0.2, -0.15) is 8.78 Å². The Kier molecular flexibility index (Phi) is 6.93. The Bertz CT molecular complexity index is 410. The van der Waals surface area contributed by atoms with Crippen LogP contribution in [-0.4, -0.2) is 32.7 Å². The highest BCUT2D eigenvalue weighted by Gasteiger charge is 2.10. The van der Waals surface area contributed by atoms with Crippen molar-refractivity contribution >= 4 is 5.91 Å². The lowest BCUT2D eigenvalue weighted by molar-refractivity contribution is -0.124. The molecule has 2 N–H and O–H groups in total. The summed E-state index contributed by atoms with van der Waals surface area (Å²) in [6.45, 7) is 0.184. The van der Waals surface area contributed by atoms with Gasteiger partial charge in [-0.1, -0.05) is 19.1 Å². The van der Waals surface area contributed by atoms with E-state index in [2.05, 4.69) is 15.4 Å². The highest BCUT2D eigenvalue weighted by molar-refractivity contribution is 5.78. The topological polar surface area (TPSA) is 50.4 Å². The first kappa shape index (κ1) is 16.4. The van der Waals surface area contributed by atoms with Gasteiger partial charge in [-0.15, -0.1) is 0 Å². The maximum atomic E-state index is 12.0. The molecule has 1 aromatic carbocycles. The first-order valence-corrected chi connectivity index (χ1v) is 6.49. The van der Waals surface area contributed by atoms with Crippen LogP contribution >= 0.6 is 0 Å². The molecular weight excluding hydrogens is 266 g/mol. The van der Waals surface area contributed by atoms with Gasteiger partial charge in [0.2, 0.25) is 5.91 Å². The standard InChI is InChI=1S/C14H20F2N2O2/c1-10(9-17-2)13(19)18-8-7-11-3-5-12(6-4-11)20-14(15)16/h3-6,10,14,17H,7-9H2,1-2H3,(H,18,19). The third-order valence-electron chi connectivity index (χ3n) is 2.82. The predicted molar refractivity (Wildman–Crippen MR) is 72.9 cm³/mol. The Morgan fingerprint density at radius 2 is 1.95 bits per heavy atom. The molecule has 0 saturated heterocycles. The molecule has 20 heavy (non-hydrogen) atoms. The lowest BCUT2D eigenvalue weighted by atomic mass is 10.1. The largest absolute Gasteiger partial charge is 0.435 e. The van der Waals surface area contributed by atoms with Crippen LogP contribution in [0.5, 0.6) is 5.75 Å². The second-order valence-corrected chi connectivity index (χ2v) is 4.52. The fourth-order valence-electron chi connectivity index (χ4n) is 1.74. The van der Waals surface area contributed by atoms with Crippen molar-refractivity contribution in [2.24, 2.45) is 5.92 Å². The third-order valence-corrected chi connectivity index (χ3v) is 2.82. The van der Waals surface area contributed by atoms with Crippen LogP contribution in [0, 0.1) is 5.92 Å². The molecular formula is C14H20F2N2O2. The van der Waals surface area contributed by atoms with Crippen molar-refractivity contribution in [1.82, 2.24) is 10.6 Å². The van der Waals surface area contributed by atoms with Crippen LogP contribution in [0.15, 0.2) is 24.3 Å². The van der Waals surface area contributed by atoms with E-state index < -0.39 is 6.61 Å². The molecule has 1 unspecified atom stereocenters. The molecule has 0 fully saturated rings. The van der Waals surface area contributed by atoms with Crippen molar-refractivity contribution in [1.29, 1.82) is 0 Å². The van der Waals surface area contributed by atoms with Crippen LogP contribution in [0.25, 0.3) is 0 Å². The quantitative estimate of drug-likeness (QED) is 0.766. The van der Waals surface area contributed by atoms with Gasteiger partial charge >= 0.3 is 6.61 Å². The molecule has 0 heterocycles. The van der Waals surface area contributed by atoms with Crippen LogP contribution in [0.1, 0.15) is 12.5 Å². The van der Waals surface area contributed by atoms with Crippen LogP contribution in [0.4, 0.5) is 8.78 Å². The summed E-state index contributed by atoms with van der Waals surface area (Å²) in [5.41, 5.74) is 0.952. The molecule has 112 valence electrons. The third kappa shape index (κ3) is 5.97. The lowest BCUT2D eigenvalue weighted by Crippen LogP contribution is -2.35. The second-order valence-electron chi connectivity index (χ2n) is 4.52. The number of rotatable bonds is 8. The molecule has 1 aromatic rings. The molecule has 0 radical (unpaired) electrons. The zero-order chi connectivity index (χ0) is 15.0. The van der Waals surface area contributed by atoms with E-state index in [0.29, 0.717) is 19.5 Å². The fraction of sp³-hybridized carbons (Fsp3) is 0.500. The summed E-state index contributed by atoms with van der Waals surface area (Å²) in [6.07, 6.45) is 0.646. The number of alkyl halides is 2.